The Hall–Kier alpha value is -3.71. The first-order valence-corrected chi connectivity index (χ1v) is 13.6. The molecule has 38 heavy (non-hydrogen) atoms. The number of thioether (sulfide) groups is 1. The molecule has 0 bridgehead atoms. The Kier molecular flexibility index (Phi) is 12.3. The van der Waals surface area contributed by atoms with E-state index in [1.807, 2.05) is 72.8 Å². The van der Waals surface area contributed by atoms with Crippen LogP contribution in [0.2, 0.25) is 0 Å². The molecule has 6 nitrogen and oxygen atoms in total. The molecule has 1 amide bonds. The zero-order valence-electron chi connectivity index (χ0n) is 21.7. The van der Waals surface area contributed by atoms with Crippen molar-refractivity contribution < 1.29 is 23.8 Å². The van der Waals surface area contributed by atoms with Crippen molar-refractivity contribution in [3.8, 4) is 5.75 Å². The summed E-state index contributed by atoms with van der Waals surface area (Å²) in [6, 6.07) is 26.4. The Morgan fingerprint density at radius 3 is 2.18 bits per heavy atom. The summed E-state index contributed by atoms with van der Waals surface area (Å²) in [5, 5.41) is 2.50. The van der Waals surface area contributed by atoms with Crippen LogP contribution in [0.1, 0.15) is 30.4 Å². The van der Waals surface area contributed by atoms with Crippen LogP contribution < -0.4 is 10.1 Å². The number of carbonyl (C=O) groups excluding carboxylic acids is 2. The molecule has 0 heterocycles. The number of esters is 1. The van der Waals surface area contributed by atoms with Gasteiger partial charge in [-0.2, -0.15) is 0 Å². The van der Waals surface area contributed by atoms with Gasteiger partial charge in [0.25, 0.3) is 0 Å². The normalized spacial score (nSPS) is 12.1. The molecule has 3 rings (SSSR count). The first kappa shape index (κ1) is 28.9. The number of amides is 1. The van der Waals surface area contributed by atoms with Crippen LogP contribution in [0.3, 0.4) is 0 Å². The molecular formula is C31H35NO5S. The van der Waals surface area contributed by atoms with E-state index in [9.17, 15) is 9.59 Å². The van der Waals surface area contributed by atoms with E-state index in [4.69, 9.17) is 14.2 Å². The number of aryl methyl sites for hydroxylation is 1. The molecule has 0 aliphatic rings. The quantitative estimate of drug-likeness (QED) is 0.103. The molecule has 2 unspecified atom stereocenters. The minimum absolute atomic E-state index is 0.0595. The Morgan fingerprint density at radius 2 is 1.55 bits per heavy atom. The highest BCUT2D eigenvalue weighted by molar-refractivity contribution is 8.00. The lowest BCUT2D eigenvalue weighted by atomic mass is 10.0. The third kappa shape index (κ3) is 9.98. The van der Waals surface area contributed by atoms with Crippen LogP contribution in [0.15, 0.2) is 102 Å². The molecule has 0 saturated heterocycles. The van der Waals surface area contributed by atoms with E-state index in [0.717, 1.165) is 35.5 Å². The van der Waals surface area contributed by atoms with Gasteiger partial charge in [0.05, 0.1) is 7.11 Å². The second kappa shape index (κ2) is 16.2. The zero-order chi connectivity index (χ0) is 27.0. The fraction of sp³-hybridized carbons (Fsp3) is 0.290. The number of benzene rings is 3. The van der Waals surface area contributed by atoms with Crippen molar-refractivity contribution in [2.24, 2.45) is 0 Å². The highest BCUT2D eigenvalue weighted by Gasteiger charge is 2.32. The van der Waals surface area contributed by atoms with Crippen LogP contribution in [0.25, 0.3) is 0 Å². The van der Waals surface area contributed by atoms with E-state index < -0.39 is 18.1 Å². The van der Waals surface area contributed by atoms with Crippen LogP contribution in [0, 0.1) is 0 Å². The molecule has 0 saturated carbocycles. The molecule has 200 valence electrons. The molecule has 1 N–H and O–H groups in total. The zero-order valence-corrected chi connectivity index (χ0v) is 22.5. The highest BCUT2D eigenvalue weighted by atomic mass is 32.2. The van der Waals surface area contributed by atoms with Crippen LogP contribution in [0.5, 0.6) is 5.75 Å². The molecule has 0 aromatic heterocycles. The molecule has 3 aromatic carbocycles. The van der Waals surface area contributed by atoms with E-state index >= 15 is 0 Å². The maximum atomic E-state index is 13.1. The van der Waals surface area contributed by atoms with Gasteiger partial charge in [-0.15, -0.1) is 11.8 Å². The van der Waals surface area contributed by atoms with E-state index in [1.54, 1.807) is 7.11 Å². The minimum atomic E-state index is -0.901. The van der Waals surface area contributed by atoms with Crippen LogP contribution in [-0.4, -0.2) is 37.1 Å². The third-order valence-corrected chi connectivity index (χ3v) is 7.20. The Bertz CT molecular complexity index is 1120. The number of nitrogens with one attached hydrogen (secondary N) is 1. The van der Waals surface area contributed by atoms with Crippen molar-refractivity contribution in [1.82, 2.24) is 5.32 Å². The van der Waals surface area contributed by atoms with E-state index in [1.165, 1.54) is 23.4 Å². The lowest BCUT2D eigenvalue weighted by Gasteiger charge is -2.26. The molecule has 0 aliphatic carbocycles. The lowest BCUT2D eigenvalue weighted by molar-refractivity contribution is -0.144. The Labute approximate surface area is 229 Å². The predicted octanol–water partition coefficient (Wildman–Crippen LogP) is 6.59. The molecule has 0 radical (unpaired) electrons. The van der Waals surface area contributed by atoms with Gasteiger partial charge in [-0.3, -0.25) is 0 Å². The second-order valence-electron chi connectivity index (χ2n) is 8.67. The molecule has 0 spiro atoms. The minimum Gasteiger partial charge on any atom is -0.497 e. The van der Waals surface area contributed by atoms with Crippen molar-refractivity contribution in [3.63, 3.8) is 0 Å². The second-order valence-corrected chi connectivity index (χ2v) is 9.98. The van der Waals surface area contributed by atoms with Crippen molar-refractivity contribution in [2.75, 3.05) is 13.7 Å². The summed E-state index contributed by atoms with van der Waals surface area (Å²) >= 11 is 1.53. The van der Waals surface area contributed by atoms with Gasteiger partial charge in [0.1, 0.15) is 25.0 Å². The summed E-state index contributed by atoms with van der Waals surface area (Å²) < 4.78 is 16.1. The van der Waals surface area contributed by atoms with Crippen molar-refractivity contribution in [2.45, 2.75) is 48.5 Å². The highest BCUT2D eigenvalue weighted by Crippen LogP contribution is 2.31. The van der Waals surface area contributed by atoms with Crippen LogP contribution in [-0.2, 0) is 27.3 Å². The summed E-state index contributed by atoms with van der Waals surface area (Å²) in [5.41, 5.74) is 2.13. The van der Waals surface area contributed by atoms with Gasteiger partial charge in [-0.1, -0.05) is 79.7 Å². The fourth-order valence-corrected chi connectivity index (χ4v) is 5.11. The molecule has 7 heteroatoms. The number of unbranched alkanes of at least 4 members (excludes halogenated alkanes) is 1. The summed E-state index contributed by atoms with van der Waals surface area (Å²) in [6.45, 7) is 3.79. The Balaban J connectivity index is 1.72. The van der Waals surface area contributed by atoms with Gasteiger partial charge in [0, 0.05) is 10.1 Å². The summed E-state index contributed by atoms with van der Waals surface area (Å²) in [7, 11) is 1.62. The van der Waals surface area contributed by atoms with Gasteiger partial charge in [-0.25, -0.2) is 9.59 Å². The number of ether oxygens (including phenoxy) is 3. The van der Waals surface area contributed by atoms with E-state index in [0.29, 0.717) is 6.42 Å². The van der Waals surface area contributed by atoms with E-state index in [-0.39, 0.29) is 18.5 Å². The SMILES string of the molecule is C=CCOC(=O)C(NC(=O)OCc1ccccc1)C(CCCCc1ccccc1)Sc1ccc(OC)cc1. The van der Waals surface area contributed by atoms with Crippen LogP contribution >= 0.6 is 11.8 Å². The average molecular weight is 534 g/mol. The molecular weight excluding hydrogens is 498 g/mol. The number of rotatable bonds is 15. The molecule has 2 atom stereocenters. The largest absolute Gasteiger partial charge is 0.497 e. The molecule has 0 aliphatic heterocycles. The number of hydrogen-bond acceptors (Lipinski definition) is 6. The van der Waals surface area contributed by atoms with Gasteiger partial charge < -0.3 is 19.5 Å². The van der Waals surface area contributed by atoms with Gasteiger partial charge >= 0.3 is 12.1 Å². The smallest absolute Gasteiger partial charge is 0.408 e. The third-order valence-electron chi connectivity index (χ3n) is 5.85. The standard InChI is InChI=1S/C31H35NO5S/c1-3-22-36-30(33)29(32-31(34)37-23-25-15-8-5-9-16-25)28(38-27-20-18-26(35-2)19-21-27)17-11-10-14-24-12-6-4-7-13-24/h3-9,12-13,15-16,18-21,28-29H,1,10-11,14,17,22-23H2,2H3,(H,32,34). The molecule has 0 fully saturated rings. The van der Waals surface area contributed by atoms with Crippen molar-refractivity contribution in [1.29, 1.82) is 0 Å². The number of alkyl carbamates (subject to hydrolysis) is 1. The van der Waals surface area contributed by atoms with Crippen molar-refractivity contribution >= 4 is 23.8 Å². The number of hydrogen-bond donors (Lipinski definition) is 1. The van der Waals surface area contributed by atoms with Gasteiger partial charge in [0.2, 0.25) is 0 Å². The van der Waals surface area contributed by atoms with Gasteiger partial charge in [-0.05, 0) is 54.7 Å². The average Bonchev–Trinajstić information content (AvgIpc) is 2.96. The maximum absolute atomic E-state index is 13.1. The number of carbonyl (C=O) groups is 2. The summed E-state index contributed by atoms with van der Waals surface area (Å²) in [4.78, 5) is 26.9. The fourth-order valence-electron chi connectivity index (χ4n) is 3.87. The monoisotopic (exact) mass is 533 g/mol. The van der Waals surface area contributed by atoms with Crippen LogP contribution in [0.4, 0.5) is 4.79 Å². The van der Waals surface area contributed by atoms with Crippen molar-refractivity contribution in [3.05, 3.63) is 109 Å². The number of methoxy groups -OCH3 is 1. The lowest BCUT2D eigenvalue weighted by Crippen LogP contribution is -2.48. The van der Waals surface area contributed by atoms with Gasteiger partial charge in [0.15, 0.2) is 0 Å². The molecule has 3 aromatic rings. The van der Waals surface area contributed by atoms with E-state index in [2.05, 4.69) is 24.0 Å². The maximum Gasteiger partial charge on any atom is 0.408 e. The summed E-state index contributed by atoms with van der Waals surface area (Å²) in [5.74, 6) is 0.231. The summed E-state index contributed by atoms with van der Waals surface area (Å²) in [6.07, 6.45) is 4.30. The Morgan fingerprint density at radius 1 is 0.895 bits per heavy atom. The predicted molar refractivity (Wildman–Crippen MR) is 151 cm³/mol. The first-order valence-electron chi connectivity index (χ1n) is 12.7. The first-order chi connectivity index (χ1) is 18.6. The topological polar surface area (TPSA) is 73.9 Å².